The van der Waals surface area contributed by atoms with Crippen molar-refractivity contribution in [2.45, 2.75) is 39.5 Å². The molecule has 0 saturated carbocycles. The highest BCUT2D eigenvalue weighted by molar-refractivity contribution is 5.85. The van der Waals surface area contributed by atoms with Crippen LogP contribution < -0.4 is 5.73 Å². The maximum Gasteiger partial charge on any atom is 0.144 e. The van der Waals surface area contributed by atoms with Crippen LogP contribution >= 0.6 is 0 Å². The Kier molecular flexibility index (Phi) is 6.76. The minimum Gasteiger partial charge on any atom is -0.409 e. The van der Waals surface area contributed by atoms with Crippen LogP contribution in [0.3, 0.4) is 0 Å². The minimum absolute atomic E-state index is 0.207. The van der Waals surface area contributed by atoms with Gasteiger partial charge >= 0.3 is 0 Å². The van der Waals surface area contributed by atoms with Crippen LogP contribution in [-0.4, -0.2) is 61.1 Å². The van der Waals surface area contributed by atoms with Crippen LogP contribution in [-0.2, 0) is 0 Å². The van der Waals surface area contributed by atoms with Gasteiger partial charge in [-0.1, -0.05) is 25.4 Å². The predicted octanol–water partition coefficient (Wildman–Crippen LogP) is 1.81. The zero-order valence-electron chi connectivity index (χ0n) is 13.6. The highest BCUT2D eigenvalue weighted by atomic mass is 16.4. The number of rotatable bonds is 8. The molecule has 1 fully saturated rings. The molecular weight excluding hydrogens is 252 g/mol. The van der Waals surface area contributed by atoms with Gasteiger partial charge in [-0.15, -0.1) is 0 Å². The van der Waals surface area contributed by atoms with E-state index < -0.39 is 0 Å². The SMILES string of the molecule is CN(CCCCC(C)(C)C(N)=NO)CC1CCN(C)C1. The first-order valence-corrected chi connectivity index (χ1v) is 7.70. The first-order valence-electron chi connectivity index (χ1n) is 7.70. The number of hydrogen-bond acceptors (Lipinski definition) is 4. The summed E-state index contributed by atoms with van der Waals surface area (Å²) < 4.78 is 0. The summed E-state index contributed by atoms with van der Waals surface area (Å²) >= 11 is 0. The van der Waals surface area contributed by atoms with E-state index in [4.69, 9.17) is 10.9 Å². The number of hydrogen-bond donors (Lipinski definition) is 2. The molecule has 1 unspecified atom stereocenters. The van der Waals surface area contributed by atoms with Crippen LogP contribution in [0.25, 0.3) is 0 Å². The van der Waals surface area contributed by atoms with E-state index in [0.717, 1.165) is 25.3 Å². The fourth-order valence-corrected chi connectivity index (χ4v) is 2.92. The maximum atomic E-state index is 8.75. The van der Waals surface area contributed by atoms with E-state index in [1.165, 1.54) is 32.5 Å². The highest BCUT2D eigenvalue weighted by Gasteiger charge is 2.23. The molecule has 0 bridgehead atoms. The third-order valence-corrected chi connectivity index (χ3v) is 4.45. The molecule has 1 rings (SSSR count). The van der Waals surface area contributed by atoms with Crippen molar-refractivity contribution in [3.63, 3.8) is 0 Å². The van der Waals surface area contributed by atoms with Crippen molar-refractivity contribution < 1.29 is 5.21 Å². The van der Waals surface area contributed by atoms with Crippen molar-refractivity contribution in [2.75, 3.05) is 40.3 Å². The zero-order chi connectivity index (χ0) is 15.2. The molecule has 1 aliphatic heterocycles. The Morgan fingerprint density at radius 3 is 2.70 bits per heavy atom. The van der Waals surface area contributed by atoms with Crippen LogP contribution in [0.4, 0.5) is 0 Å². The van der Waals surface area contributed by atoms with E-state index in [0.29, 0.717) is 5.84 Å². The van der Waals surface area contributed by atoms with Gasteiger partial charge in [0.05, 0.1) is 0 Å². The normalized spacial score (nSPS) is 21.9. The molecule has 20 heavy (non-hydrogen) atoms. The molecule has 0 spiro atoms. The van der Waals surface area contributed by atoms with Crippen LogP contribution in [0, 0.1) is 11.3 Å². The first kappa shape index (κ1) is 17.2. The van der Waals surface area contributed by atoms with E-state index in [1.807, 2.05) is 13.8 Å². The molecule has 1 atom stereocenters. The number of likely N-dealkylation sites (tertiary alicyclic amines) is 1. The lowest BCUT2D eigenvalue weighted by molar-refractivity contribution is 0.263. The Morgan fingerprint density at radius 2 is 2.15 bits per heavy atom. The molecule has 118 valence electrons. The summed E-state index contributed by atoms with van der Waals surface area (Å²) in [7, 11) is 4.42. The highest BCUT2D eigenvalue weighted by Crippen LogP contribution is 2.23. The van der Waals surface area contributed by atoms with Gasteiger partial charge < -0.3 is 20.7 Å². The lowest BCUT2D eigenvalue weighted by atomic mass is 9.86. The standard InChI is InChI=1S/C15H32N4O/c1-15(2,14(16)17-20)8-5-6-9-18(3)11-13-7-10-19(4)12-13/h13,20H,5-12H2,1-4H3,(H2,16,17). The maximum absolute atomic E-state index is 8.75. The van der Waals surface area contributed by atoms with Gasteiger partial charge in [0, 0.05) is 18.5 Å². The Bertz CT molecular complexity index is 317. The Balaban J connectivity index is 2.14. The molecule has 0 amide bonds. The van der Waals surface area contributed by atoms with Crippen molar-refractivity contribution in [3.05, 3.63) is 0 Å². The first-order chi connectivity index (χ1) is 9.35. The van der Waals surface area contributed by atoms with Gasteiger partial charge in [0.1, 0.15) is 5.84 Å². The molecule has 5 nitrogen and oxygen atoms in total. The number of amidine groups is 1. The van der Waals surface area contributed by atoms with Crippen LogP contribution in [0.15, 0.2) is 5.16 Å². The van der Waals surface area contributed by atoms with Crippen molar-refractivity contribution in [2.24, 2.45) is 22.2 Å². The Labute approximate surface area is 123 Å². The van der Waals surface area contributed by atoms with Crippen molar-refractivity contribution in [1.82, 2.24) is 9.80 Å². The number of oxime groups is 1. The van der Waals surface area contributed by atoms with Gasteiger partial charge in [-0.2, -0.15) is 0 Å². The molecule has 5 heteroatoms. The average molecular weight is 284 g/mol. The van der Waals surface area contributed by atoms with Gasteiger partial charge in [-0.05, 0) is 52.4 Å². The fraction of sp³-hybridized carbons (Fsp3) is 0.933. The van der Waals surface area contributed by atoms with Crippen LogP contribution in [0.1, 0.15) is 39.5 Å². The molecule has 0 aromatic carbocycles. The smallest absolute Gasteiger partial charge is 0.144 e. The fourth-order valence-electron chi connectivity index (χ4n) is 2.92. The summed E-state index contributed by atoms with van der Waals surface area (Å²) in [6, 6.07) is 0. The summed E-state index contributed by atoms with van der Waals surface area (Å²) in [6.07, 6.45) is 4.57. The second-order valence-electron chi connectivity index (χ2n) is 7.01. The lowest BCUT2D eigenvalue weighted by Crippen LogP contribution is -2.32. The largest absolute Gasteiger partial charge is 0.409 e. The quantitative estimate of drug-likeness (QED) is 0.235. The van der Waals surface area contributed by atoms with Crippen molar-refractivity contribution >= 4 is 5.84 Å². The van der Waals surface area contributed by atoms with E-state index in [1.54, 1.807) is 0 Å². The molecular formula is C15H32N4O. The summed E-state index contributed by atoms with van der Waals surface area (Å²) in [5.74, 6) is 1.17. The molecule has 0 aromatic heterocycles. The van der Waals surface area contributed by atoms with Crippen LogP contribution in [0.5, 0.6) is 0 Å². The monoisotopic (exact) mass is 284 g/mol. The second-order valence-corrected chi connectivity index (χ2v) is 7.01. The van der Waals surface area contributed by atoms with Crippen molar-refractivity contribution in [1.29, 1.82) is 0 Å². The summed E-state index contributed by atoms with van der Waals surface area (Å²) in [5, 5.41) is 11.9. The molecule has 1 heterocycles. The third-order valence-electron chi connectivity index (χ3n) is 4.45. The third kappa shape index (κ3) is 5.67. The molecule has 0 radical (unpaired) electrons. The van der Waals surface area contributed by atoms with Gasteiger partial charge in [0.15, 0.2) is 0 Å². The lowest BCUT2D eigenvalue weighted by Gasteiger charge is -2.24. The number of nitrogens with zero attached hydrogens (tertiary/aromatic N) is 3. The molecule has 0 aromatic rings. The Hall–Kier alpha value is -0.810. The number of unbranched alkanes of at least 4 members (excludes halogenated alkanes) is 1. The van der Waals surface area contributed by atoms with Gasteiger partial charge in [0.2, 0.25) is 0 Å². The predicted molar refractivity (Wildman–Crippen MR) is 84.1 cm³/mol. The average Bonchev–Trinajstić information content (AvgIpc) is 2.79. The van der Waals surface area contributed by atoms with Crippen LogP contribution in [0.2, 0.25) is 0 Å². The van der Waals surface area contributed by atoms with Crippen molar-refractivity contribution in [3.8, 4) is 0 Å². The minimum atomic E-state index is -0.207. The van der Waals surface area contributed by atoms with Gasteiger partial charge in [-0.3, -0.25) is 0 Å². The second kappa shape index (κ2) is 7.84. The van der Waals surface area contributed by atoms with Gasteiger partial charge in [-0.25, -0.2) is 0 Å². The summed E-state index contributed by atoms with van der Waals surface area (Å²) in [6.45, 7) is 8.87. The zero-order valence-corrected chi connectivity index (χ0v) is 13.6. The molecule has 0 aliphatic carbocycles. The van der Waals surface area contributed by atoms with E-state index in [9.17, 15) is 0 Å². The molecule has 1 saturated heterocycles. The van der Waals surface area contributed by atoms with E-state index in [2.05, 4.69) is 29.1 Å². The number of nitrogens with two attached hydrogens (primary N) is 1. The summed E-state index contributed by atoms with van der Waals surface area (Å²) in [4.78, 5) is 4.86. The van der Waals surface area contributed by atoms with E-state index in [-0.39, 0.29) is 5.41 Å². The Morgan fingerprint density at radius 1 is 1.45 bits per heavy atom. The topological polar surface area (TPSA) is 65.1 Å². The molecule has 3 N–H and O–H groups in total. The van der Waals surface area contributed by atoms with E-state index >= 15 is 0 Å². The van der Waals surface area contributed by atoms with Gasteiger partial charge in [0.25, 0.3) is 0 Å². The summed E-state index contributed by atoms with van der Waals surface area (Å²) in [5.41, 5.74) is 5.49. The molecule has 1 aliphatic rings.